The van der Waals surface area contributed by atoms with E-state index in [4.69, 9.17) is 11.6 Å². The van der Waals surface area contributed by atoms with Gasteiger partial charge in [0.15, 0.2) is 5.78 Å². The van der Waals surface area contributed by atoms with E-state index < -0.39 is 17.9 Å². The first kappa shape index (κ1) is 18.5. The van der Waals surface area contributed by atoms with Crippen molar-refractivity contribution >= 4 is 29.2 Å². The molecule has 4 atom stereocenters. The van der Waals surface area contributed by atoms with Crippen LogP contribution in [0.3, 0.4) is 0 Å². The lowest BCUT2D eigenvalue weighted by molar-refractivity contribution is -0.142. The number of Topliss-reactive ketones (excluding diaryl/α,β-unsaturated/α-hetero) is 1. The fourth-order valence-electron chi connectivity index (χ4n) is 5.28. The summed E-state index contributed by atoms with van der Waals surface area (Å²) in [4.78, 5) is 43.4. The summed E-state index contributed by atoms with van der Waals surface area (Å²) < 4.78 is 0. The summed E-state index contributed by atoms with van der Waals surface area (Å²) in [5.41, 5.74) is 1.45. The largest absolute Gasteiger partial charge is 0.292 e. The molecule has 2 aromatic carbocycles. The first-order valence-electron chi connectivity index (χ1n) is 10.0. The Bertz CT molecular complexity index is 975. The third kappa shape index (κ3) is 2.92. The molecule has 0 unspecified atom stereocenters. The van der Waals surface area contributed by atoms with Gasteiger partial charge >= 0.3 is 0 Å². The number of imide groups is 1. The molecule has 0 bridgehead atoms. The summed E-state index contributed by atoms with van der Waals surface area (Å²) in [7, 11) is 0. The van der Waals surface area contributed by atoms with Crippen LogP contribution >= 0.6 is 11.6 Å². The normalized spacial score (nSPS) is 28.7. The lowest BCUT2D eigenvalue weighted by atomic mass is 9.85. The van der Waals surface area contributed by atoms with Gasteiger partial charge in [-0.1, -0.05) is 41.9 Å². The number of amides is 2. The van der Waals surface area contributed by atoms with E-state index in [1.54, 1.807) is 24.3 Å². The molecule has 6 heteroatoms. The maximum absolute atomic E-state index is 13.4. The Morgan fingerprint density at radius 3 is 2.38 bits per heavy atom. The Morgan fingerprint density at radius 2 is 1.66 bits per heavy atom. The molecule has 0 aliphatic carbocycles. The van der Waals surface area contributed by atoms with E-state index in [2.05, 4.69) is 4.90 Å². The van der Waals surface area contributed by atoms with E-state index >= 15 is 0 Å². The number of carbonyl (C=O) groups excluding carboxylic acids is 3. The molecule has 29 heavy (non-hydrogen) atoms. The molecular formula is C23H21ClN2O3. The Labute approximate surface area is 174 Å². The molecule has 3 heterocycles. The second-order valence-electron chi connectivity index (χ2n) is 8.06. The van der Waals surface area contributed by atoms with Crippen molar-refractivity contribution in [3.63, 3.8) is 0 Å². The number of ketones is 1. The lowest BCUT2D eigenvalue weighted by Crippen LogP contribution is -2.45. The van der Waals surface area contributed by atoms with Gasteiger partial charge in [-0.2, -0.15) is 0 Å². The monoisotopic (exact) mass is 408 g/mol. The molecule has 0 spiro atoms. The van der Waals surface area contributed by atoms with Crippen LogP contribution in [0.1, 0.15) is 28.8 Å². The second-order valence-corrected chi connectivity index (χ2v) is 8.50. The van der Waals surface area contributed by atoms with E-state index in [1.165, 1.54) is 4.90 Å². The van der Waals surface area contributed by atoms with E-state index in [0.29, 0.717) is 10.6 Å². The van der Waals surface area contributed by atoms with Crippen LogP contribution in [0.25, 0.3) is 0 Å². The molecule has 2 aromatic rings. The Balaban J connectivity index is 1.49. The Morgan fingerprint density at radius 1 is 0.966 bits per heavy atom. The van der Waals surface area contributed by atoms with Gasteiger partial charge in [-0.05, 0) is 49.2 Å². The van der Waals surface area contributed by atoms with Gasteiger partial charge in [0.25, 0.3) is 0 Å². The van der Waals surface area contributed by atoms with Crippen LogP contribution in [-0.2, 0) is 16.1 Å². The number of carbonyl (C=O) groups is 3. The van der Waals surface area contributed by atoms with Crippen molar-refractivity contribution in [2.45, 2.75) is 31.5 Å². The van der Waals surface area contributed by atoms with Crippen LogP contribution in [0, 0.1) is 11.8 Å². The first-order chi connectivity index (χ1) is 14.1. The van der Waals surface area contributed by atoms with Gasteiger partial charge in [-0.25, -0.2) is 0 Å². The molecule has 5 nitrogen and oxygen atoms in total. The maximum atomic E-state index is 13.4. The lowest BCUT2D eigenvalue weighted by Gasteiger charge is -2.27. The fraction of sp³-hybridized carbons (Fsp3) is 0.348. The molecule has 3 saturated heterocycles. The van der Waals surface area contributed by atoms with Crippen LogP contribution in [0.4, 0.5) is 0 Å². The first-order valence-corrected chi connectivity index (χ1v) is 10.4. The minimum absolute atomic E-state index is 0.0292. The van der Waals surface area contributed by atoms with Gasteiger partial charge < -0.3 is 0 Å². The van der Waals surface area contributed by atoms with Crippen molar-refractivity contribution in [2.24, 2.45) is 11.8 Å². The number of fused-ring (bicyclic) bond motifs is 3. The highest BCUT2D eigenvalue weighted by atomic mass is 35.5. The van der Waals surface area contributed by atoms with E-state index in [-0.39, 0.29) is 30.2 Å². The average Bonchev–Trinajstić information content (AvgIpc) is 3.37. The number of hydrogen-bond acceptors (Lipinski definition) is 4. The van der Waals surface area contributed by atoms with Gasteiger partial charge in [-0.15, -0.1) is 0 Å². The third-order valence-electron chi connectivity index (χ3n) is 6.52. The zero-order valence-corrected chi connectivity index (χ0v) is 16.6. The van der Waals surface area contributed by atoms with Crippen LogP contribution < -0.4 is 0 Å². The third-order valence-corrected chi connectivity index (χ3v) is 6.78. The zero-order chi connectivity index (χ0) is 20.1. The van der Waals surface area contributed by atoms with E-state index in [0.717, 1.165) is 24.9 Å². The SMILES string of the molecule is O=C(c1ccc(Cl)cc1)[C@@H]1[C@H]2C(=O)N(Cc3ccccc3)C(=O)[C@H]2[C@H]2CCCN21. The van der Waals surface area contributed by atoms with Crippen molar-refractivity contribution in [2.75, 3.05) is 6.54 Å². The van der Waals surface area contributed by atoms with Crippen LogP contribution in [0.15, 0.2) is 54.6 Å². The molecule has 148 valence electrons. The highest BCUT2D eigenvalue weighted by molar-refractivity contribution is 6.30. The summed E-state index contributed by atoms with van der Waals surface area (Å²) in [6.45, 7) is 1.01. The smallest absolute Gasteiger partial charge is 0.235 e. The van der Waals surface area contributed by atoms with Crippen LogP contribution in [0.5, 0.6) is 0 Å². The van der Waals surface area contributed by atoms with Crippen molar-refractivity contribution in [3.8, 4) is 0 Å². The summed E-state index contributed by atoms with van der Waals surface area (Å²) in [6, 6.07) is 15.7. The molecule has 3 fully saturated rings. The van der Waals surface area contributed by atoms with Gasteiger partial charge in [0.1, 0.15) is 0 Å². The molecule has 5 rings (SSSR count). The fourth-order valence-corrected chi connectivity index (χ4v) is 5.41. The summed E-state index contributed by atoms with van der Waals surface area (Å²) in [5.74, 6) is -1.46. The van der Waals surface area contributed by atoms with Crippen molar-refractivity contribution in [1.29, 1.82) is 0 Å². The summed E-state index contributed by atoms with van der Waals surface area (Å²) in [5, 5.41) is 0.561. The Hall–Kier alpha value is -2.50. The second kappa shape index (κ2) is 7.08. The molecule has 0 saturated carbocycles. The topological polar surface area (TPSA) is 57.7 Å². The quantitative estimate of drug-likeness (QED) is 0.576. The van der Waals surface area contributed by atoms with Crippen LogP contribution in [-0.4, -0.2) is 46.0 Å². The van der Waals surface area contributed by atoms with Crippen molar-refractivity contribution < 1.29 is 14.4 Å². The molecule has 2 amide bonds. The minimum Gasteiger partial charge on any atom is -0.292 e. The zero-order valence-electron chi connectivity index (χ0n) is 15.8. The van der Waals surface area contributed by atoms with E-state index in [9.17, 15) is 14.4 Å². The molecule has 0 aromatic heterocycles. The summed E-state index contributed by atoms with van der Waals surface area (Å²) in [6.07, 6.45) is 1.79. The number of benzene rings is 2. The number of halogens is 1. The highest BCUT2D eigenvalue weighted by Gasteiger charge is 2.64. The average molecular weight is 409 g/mol. The Kier molecular flexibility index (Phi) is 4.52. The maximum Gasteiger partial charge on any atom is 0.235 e. The van der Waals surface area contributed by atoms with Crippen molar-refractivity contribution in [3.05, 3.63) is 70.7 Å². The van der Waals surface area contributed by atoms with Crippen molar-refractivity contribution in [1.82, 2.24) is 9.80 Å². The molecule has 0 N–H and O–H groups in total. The number of hydrogen-bond donors (Lipinski definition) is 0. The highest BCUT2D eigenvalue weighted by Crippen LogP contribution is 2.47. The number of nitrogens with zero attached hydrogens (tertiary/aromatic N) is 2. The van der Waals surface area contributed by atoms with Gasteiger partial charge in [0.2, 0.25) is 11.8 Å². The van der Waals surface area contributed by atoms with E-state index in [1.807, 2.05) is 30.3 Å². The molecular weight excluding hydrogens is 388 g/mol. The predicted octanol–water partition coefficient (Wildman–Crippen LogP) is 3.17. The number of rotatable bonds is 4. The number of likely N-dealkylation sites (tertiary alicyclic amines) is 1. The standard InChI is InChI=1S/C23H21ClN2O3/c24-16-10-8-15(9-11-16)21(27)20-19-18(17-7-4-12-25(17)20)22(28)26(23(19)29)13-14-5-2-1-3-6-14/h1-3,5-6,8-11,17-20H,4,7,12-13H2/t17-,18+,19+,20+/m1/s1. The van der Waals surface area contributed by atoms with Gasteiger partial charge in [0, 0.05) is 16.6 Å². The predicted molar refractivity (Wildman–Crippen MR) is 108 cm³/mol. The molecule has 3 aliphatic rings. The summed E-state index contributed by atoms with van der Waals surface area (Å²) >= 11 is 5.97. The van der Waals surface area contributed by atoms with Crippen LogP contribution in [0.2, 0.25) is 5.02 Å². The molecule has 0 radical (unpaired) electrons. The minimum atomic E-state index is -0.598. The van der Waals surface area contributed by atoms with Gasteiger partial charge in [-0.3, -0.25) is 24.2 Å². The van der Waals surface area contributed by atoms with Gasteiger partial charge in [0.05, 0.1) is 24.4 Å². The molecule has 3 aliphatic heterocycles.